The van der Waals surface area contributed by atoms with Crippen molar-refractivity contribution in [3.8, 4) is 0 Å². The van der Waals surface area contributed by atoms with E-state index in [1.165, 1.54) is 0 Å². The molecule has 0 saturated heterocycles. The molecule has 16 heavy (non-hydrogen) atoms. The SMILES string of the molecule is OC(CSc1ccccc1Br)c1ccco1. The molecule has 4 heteroatoms. The number of benzene rings is 1. The summed E-state index contributed by atoms with van der Waals surface area (Å²) in [6, 6.07) is 11.5. The fraction of sp³-hybridized carbons (Fsp3) is 0.167. The van der Waals surface area contributed by atoms with E-state index in [1.54, 1.807) is 30.2 Å². The van der Waals surface area contributed by atoms with E-state index < -0.39 is 6.10 Å². The first-order valence-corrected chi connectivity index (χ1v) is 6.64. The molecular formula is C12H11BrO2S. The van der Waals surface area contributed by atoms with Gasteiger partial charge < -0.3 is 9.52 Å². The van der Waals surface area contributed by atoms with Crippen LogP contribution in [-0.2, 0) is 0 Å². The van der Waals surface area contributed by atoms with E-state index >= 15 is 0 Å². The van der Waals surface area contributed by atoms with Crippen LogP contribution in [0.4, 0.5) is 0 Å². The Balaban J connectivity index is 1.95. The number of rotatable bonds is 4. The van der Waals surface area contributed by atoms with E-state index in [0.29, 0.717) is 11.5 Å². The van der Waals surface area contributed by atoms with Crippen LogP contribution in [0.3, 0.4) is 0 Å². The molecule has 0 spiro atoms. The maximum Gasteiger partial charge on any atom is 0.133 e. The molecule has 2 aromatic rings. The van der Waals surface area contributed by atoms with Crippen molar-refractivity contribution in [1.29, 1.82) is 0 Å². The standard InChI is InChI=1S/C12H11BrO2S/c13-9-4-1-2-6-12(9)16-8-10(14)11-5-3-7-15-11/h1-7,10,14H,8H2. The molecule has 1 atom stereocenters. The number of halogens is 1. The predicted molar refractivity (Wildman–Crippen MR) is 68.5 cm³/mol. The monoisotopic (exact) mass is 298 g/mol. The molecule has 2 nitrogen and oxygen atoms in total. The van der Waals surface area contributed by atoms with Crippen LogP contribution in [0, 0.1) is 0 Å². The second-order valence-electron chi connectivity index (χ2n) is 3.27. The summed E-state index contributed by atoms with van der Waals surface area (Å²) >= 11 is 5.07. The minimum absolute atomic E-state index is 0.563. The Morgan fingerprint density at radius 1 is 1.25 bits per heavy atom. The Labute approximate surface area is 107 Å². The van der Waals surface area contributed by atoms with Crippen molar-refractivity contribution in [1.82, 2.24) is 0 Å². The molecule has 0 radical (unpaired) electrons. The third kappa shape index (κ3) is 2.90. The van der Waals surface area contributed by atoms with Gasteiger partial charge in [-0.1, -0.05) is 12.1 Å². The van der Waals surface area contributed by atoms with E-state index in [-0.39, 0.29) is 0 Å². The zero-order chi connectivity index (χ0) is 11.4. The first-order valence-electron chi connectivity index (χ1n) is 4.86. The largest absolute Gasteiger partial charge is 0.467 e. The summed E-state index contributed by atoms with van der Waals surface area (Å²) in [5.74, 6) is 1.19. The summed E-state index contributed by atoms with van der Waals surface area (Å²) in [5.41, 5.74) is 0. The number of hydrogen-bond donors (Lipinski definition) is 1. The van der Waals surface area contributed by atoms with Crippen molar-refractivity contribution in [2.45, 2.75) is 11.0 Å². The molecule has 2 rings (SSSR count). The number of furan rings is 1. The normalized spacial score (nSPS) is 12.6. The number of aliphatic hydroxyl groups excluding tert-OH is 1. The summed E-state index contributed by atoms with van der Waals surface area (Å²) in [5, 5.41) is 9.83. The summed E-state index contributed by atoms with van der Waals surface area (Å²) in [7, 11) is 0. The lowest BCUT2D eigenvalue weighted by Crippen LogP contribution is -1.98. The Morgan fingerprint density at radius 3 is 2.75 bits per heavy atom. The molecule has 1 aromatic carbocycles. The maximum absolute atomic E-state index is 9.83. The highest BCUT2D eigenvalue weighted by Crippen LogP contribution is 2.30. The van der Waals surface area contributed by atoms with Crippen molar-refractivity contribution in [3.63, 3.8) is 0 Å². The first-order chi connectivity index (χ1) is 7.77. The third-order valence-electron chi connectivity index (χ3n) is 2.10. The van der Waals surface area contributed by atoms with Crippen LogP contribution in [0.1, 0.15) is 11.9 Å². The lowest BCUT2D eigenvalue weighted by Gasteiger charge is -2.08. The van der Waals surface area contributed by atoms with Crippen LogP contribution in [0.2, 0.25) is 0 Å². The number of hydrogen-bond acceptors (Lipinski definition) is 3. The second kappa shape index (κ2) is 5.57. The maximum atomic E-state index is 9.83. The Bertz CT molecular complexity index is 442. The van der Waals surface area contributed by atoms with Crippen molar-refractivity contribution < 1.29 is 9.52 Å². The van der Waals surface area contributed by atoms with Gasteiger partial charge in [0.2, 0.25) is 0 Å². The molecular weight excluding hydrogens is 288 g/mol. The van der Waals surface area contributed by atoms with Gasteiger partial charge in [-0.3, -0.25) is 0 Å². The molecule has 0 bridgehead atoms. The van der Waals surface area contributed by atoms with Crippen molar-refractivity contribution in [3.05, 3.63) is 52.9 Å². The van der Waals surface area contributed by atoms with Crippen LogP contribution in [0.15, 0.2) is 56.4 Å². The number of aliphatic hydroxyl groups is 1. The van der Waals surface area contributed by atoms with Gasteiger partial charge in [-0.2, -0.15) is 0 Å². The Hall–Kier alpha value is -0.710. The van der Waals surface area contributed by atoms with Gasteiger partial charge in [0.05, 0.1) is 6.26 Å². The Morgan fingerprint density at radius 2 is 2.06 bits per heavy atom. The molecule has 0 aliphatic heterocycles. The highest BCUT2D eigenvalue weighted by Gasteiger charge is 2.11. The zero-order valence-corrected chi connectivity index (χ0v) is 10.9. The molecule has 1 heterocycles. The zero-order valence-electron chi connectivity index (χ0n) is 8.47. The third-order valence-corrected chi connectivity index (χ3v) is 4.21. The summed E-state index contributed by atoms with van der Waals surface area (Å²) in [6.45, 7) is 0. The van der Waals surface area contributed by atoms with Gasteiger partial charge in [0.15, 0.2) is 0 Å². The van der Waals surface area contributed by atoms with Gasteiger partial charge in [-0.25, -0.2) is 0 Å². The molecule has 0 aliphatic rings. The molecule has 84 valence electrons. The summed E-state index contributed by atoms with van der Waals surface area (Å²) in [4.78, 5) is 1.12. The molecule has 1 aromatic heterocycles. The quantitative estimate of drug-likeness (QED) is 0.870. The fourth-order valence-corrected chi connectivity index (χ4v) is 2.80. The first kappa shape index (κ1) is 11.8. The molecule has 0 saturated carbocycles. The van der Waals surface area contributed by atoms with E-state index in [9.17, 15) is 5.11 Å². The molecule has 1 N–H and O–H groups in total. The van der Waals surface area contributed by atoms with E-state index in [1.807, 2.05) is 24.3 Å². The minimum Gasteiger partial charge on any atom is -0.467 e. The smallest absolute Gasteiger partial charge is 0.133 e. The van der Waals surface area contributed by atoms with Crippen LogP contribution >= 0.6 is 27.7 Å². The summed E-state index contributed by atoms with van der Waals surface area (Å²) in [6.07, 6.45) is 1.01. The minimum atomic E-state index is -0.563. The molecule has 0 aliphatic carbocycles. The van der Waals surface area contributed by atoms with Gasteiger partial charge in [0.1, 0.15) is 11.9 Å². The van der Waals surface area contributed by atoms with E-state index in [4.69, 9.17) is 4.42 Å². The van der Waals surface area contributed by atoms with Crippen LogP contribution < -0.4 is 0 Å². The van der Waals surface area contributed by atoms with Gasteiger partial charge in [0, 0.05) is 15.1 Å². The molecule has 0 amide bonds. The fourth-order valence-electron chi connectivity index (χ4n) is 1.29. The lowest BCUT2D eigenvalue weighted by molar-refractivity contribution is 0.174. The van der Waals surface area contributed by atoms with Crippen LogP contribution in [0.5, 0.6) is 0 Å². The van der Waals surface area contributed by atoms with E-state index in [0.717, 1.165) is 9.37 Å². The predicted octanol–water partition coefficient (Wildman–Crippen LogP) is 3.87. The average Bonchev–Trinajstić information content (AvgIpc) is 2.81. The second-order valence-corrected chi connectivity index (χ2v) is 5.19. The summed E-state index contributed by atoms with van der Waals surface area (Å²) < 4.78 is 6.19. The average molecular weight is 299 g/mol. The Kier molecular flexibility index (Phi) is 4.09. The lowest BCUT2D eigenvalue weighted by atomic mass is 10.3. The highest BCUT2D eigenvalue weighted by atomic mass is 79.9. The van der Waals surface area contributed by atoms with Crippen LogP contribution in [0.25, 0.3) is 0 Å². The van der Waals surface area contributed by atoms with Gasteiger partial charge >= 0.3 is 0 Å². The number of thioether (sulfide) groups is 1. The van der Waals surface area contributed by atoms with Crippen molar-refractivity contribution in [2.75, 3.05) is 5.75 Å². The molecule has 0 fully saturated rings. The van der Waals surface area contributed by atoms with Crippen molar-refractivity contribution in [2.24, 2.45) is 0 Å². The highest BCUT2D eigenvalue weighted by molar-refractivity contribution is 9.10. The van der Waals surface area contributed by atoms with Crippen molar-refractivity contribution >= 4 is 27.7 Å². The molecule has 1 unspecified atom stereocenters. The van der Waals surface area contributed by atoms with E-state index in [2.05, 4.69) is 15.9 Å². The topological polar surface area (TPSA) is 33.4 Å². The van der Waals surface area contributed by atoms with Gasteiger partial charge in [-0.05, 0) is 40.2 Å². The van der Waals surface area contributed by atoms with Gasteiger partial charge in [0.25, 0.3) is 0 Å². The van der Waals surface area contributed by atoms with Crippen LogP contribution in [-0.4, -0.2) is 10.9 Å². The van der Waals surface area contributed by atoms with Gasteiger partial charge in [-0.15, -0.1) is 11.8 Å².